The molecule has 0 aliphatic heterocycles. The Morgan fingerprint density at radius 3 is 2.19 bits per heavy atom. The number of benzene rings is 1. The minimum atomic E-state index is 0.136. The van der Waals surface area contributed by atoms with E-state index in [-0.39, 0.29) is 5.91 Å². The predicted octanol–water partition coefficient (Wildman–Crippen LogP) is 4.26. The molecule has 0 bridgehead atoms. The maximum absolute atomic E-state index is 12.9. The van der Waals surface area contributed by atoms with Gasteiger partial charge in [0, 0.05) is 25.3 Å². The molecule has 3 nitrogen and oxygen atoms in total. The van der Waals surface area contributed by atoms with Gasteiger partial charge in [0.25, 0.3) is 5.91 Å². The van der Waals surface area contributed by atoms with Gasteiger partial charge in [0.1, 0.15) is 0 Å². The molecule has 118 valence electrons. The monoisotopic (exact) mass is 290 g/mol. The van der Waals surface area contributed by atoms with Crippen LogP contribution >= 0.6 is 0 Å². The molecule has 0 unspecified atom stereocenters. The molecular formula is C18H30N2O. The molecule has 1 aromatic carbocycles. The number of anilines is 1. The lowest BCUT2D eigenvalue weighted by molar-refractivity contribution is 0.0716. The first-order chi connectivity index (χ1) is 9.95. The smallest absolute Gasteiger partial charge is 0.255 e. The number of carbonyl (C=O) groups excluding carboxylic acids is 1. The van der Waals surface area contributed by atoms with Crippen LogP contribution in [0.5, 0.6) is 0 Å². The van der Waals surface area contributed by atoms with Crippen LogP contribution < -0.4 is 5.32 Å². The first-order valence-corrected chi connectivity index (χ1v) is 8.07. The van der Waals surface area contributed by atoms with Crippen molar-refractivity contribution in [2.75, 3.05) is 25.0 Å². The molecule has 0 atom stereocenters. The summed E-state index contributed by atoms with van der Waals surface area (Å²) in [5, 5.41) is 3.36. The third-order valence-corrected chi connectivity index (χ3v) is 3.18. The van der Waals surface area contributed by atoms with Crippen LogP contribution in [0.4, 0.5) is 5.69 Å². The second-order valence-electron chi connectivity index (χ2n) is 6.47. The highest BCUT2D eigenvalue weighted by Gasteiger charge is 2.20. The van der Waals surface area contributed by atoms with Crippen LogP contribution in [0, 0.1) is 11.8 Å². The van der Waals surface area contributed by atoms with E-state index in [0.29, 0.717) is 11.8 Å². The van der Waals surface area contributed by atoms with Gasteiger partial charge in [-0.2, -0.15) is 0 Å². The average molecular weight is 290 g/mol. The van der Waals surface area contributed by atoms with Gasteiger partial charge in [0.05, 0.1) is 5.56 Å². The molecule has 0 fully saturated rings. The van der Waals surface area contributed by atoms with E-state index in [2.05, 4.69) is 39.9 Å². The molecule has 1 N–H and O–H groups in total. The van der Waals surface area contributed by atoms with Gasteiger partial charge in [-0.15, -0.1) is 0 Å². The topological polar surface area (TPSA) is 32.3 Å². The Bertz CT molecular complexity index is 431. The number of amides is 1. The summed E-state index contributed by atoms with van der Waals surface area (Å²) in [5.41, 5.74) is 1.73. The van der Waals surface area contributed by atoms with Crippen LogP contribution in [0.1, 0.15) is 51.4 Å². The zero-order valence-electron chi connectivity index (χ0n) is 14.1. The van der Waals surface area contributed by atoms with Gasteiger partial charge >= 0.3 is 0 Å². The molecule has 21 heavy (non-hydrogen) atoms. The number of carbonyl (C=O) groups is 1. The van der Waals surface area contributed by atoms with Gasteiger partial charge < -0.3 is 10.2 Å². The number of rotatable bonds is 8. The molecule has 1 rings (SSSR count). The largest absolute Gasteiger partial charge is 0.384 e. The molecule has 0 aromatic heterocycles. The van der Waals surface area contributed by atoms with Crippen LogP contribution in [0.15, 0.2) is 24.3 Å². The van der Waals surface area contributed by atoms with E-state index in [1.807, 2.05) is 29.2 Å². The van der Waals surface area contributed by atoms with Crippen molar-refractivity contribution in [1.82, 2.24) is 4.90 Å². The van der Waals surface area contributed by atoms with Gasteiger partial charge in [-0.3, -0.25) is 4.79 Å². The maximum Gasteiger partial charge on any atom is 0.255 e. The van der Waals surface area contributed by atoms with Gasteiger partial charge in [-0.25, -0.2) is 0 Å². The normalized spacial score (nSPS) is 11.0. The molecule has 0 radical (unpaired) electrons. The van der Waals surface area contributed by atoms with Crippen molar-refractivity contribution < 1.29 is 4.79 Å². The molecule has 0 saturated heterocycles. The third-order valence-electron chi connectivity index (χ3n) is 3.18. The van der Waals surface area contributed by atoms with Crippen molar-refractivity contribution >= 4 is 11.6 Å². The summed E-state index contributed by atoms with van der Waals surface area (Å²) in [5.74, 6) is 1.09. The maximum atomic E-state index is 12.9. The van der Waals surface area contributed by atoms with E-state index in [0.717, 1.165) is 37.3 Å². The molecule has 1 aromatic rings. The fraction of sp³-hybridized carbons (Fsp3) is 0.611. The highest BCUT2D eigenvalue weighted by Crippen LogP contribution is 2.19. The lowest BCUT2D eigenvalue weighted by Gasteiger charge is -2.27. The van der Waals surface area contributed by atoms with Crippen molar-refractivity contribution in [3.05, 3.63) is 29.8 Å². The third kappa shape index (κ3) is 5.78. The molecule has 0 aliphatic rings. The van der Waals surface area contributed by atoms with Crippen molar-refractivity contribution in [3.63, 3.8) is 0 Å². The number of hydrogen-bond donors (Lipinski definition) is 1. The summed E-state index contributed by atoms with van der Waals surface area (Å²) in [6.45, 7) is 13.2. The van der Waals surface area contributed by atoms with Gasteiger partial charge in [-0.05, 0) is 30.4 Å². The van der Waals surface area contributed by atoms with Gasteiger partial charge in [0.15, 0.2) is 0 Å². The van der Waals surface area contributed by atoms with E-state index in [4.69, 9.17) is 0 Å². The first kappa shape index (κ1) is 17.5. The van der Waals surface area contributed by atoms with Crippen LogP contribution in [0.2, 0.25) is 0 Å². The fourth-order valence-electron chi connectivity index (χ4n) is 2.38. The fourth-order valence-corrected chi connectivity index (χ4v) is 2.38. The SMILES string of the molecule is CCCNc1ccccc1C(=O)N(CC(C)C)CC(C)C. The zero-order valence-corrected chi connectivity index (χ0v) is 14.1. The summed E-state index contributed by atoms with van der Waals surface area (Å²) in [4.78, 5) is 14.9. The Morgan fingerprint density at radius 2 is 1.67 bits per heavy atom. The van der Waals surface area contributed by atoms with Crippen LogP contribution in [-0.2, 0) is 0 Å². The average Bonchev–Trinajstić information content (AvgIpc) is 2.43. The number of nitrogens with one attached hydrogen (secondary N) is 1. The Morgan fingerprint density at radius 1 is 1.10 bits per heavy atom. The van der Waals surface area contributed by atoms with E-state index >= 15 is 0 Å². The van der Waals surface area contributed by atoms with Crippen molar-refractivity contribution in [3.8, 4) is 0 Å². The second kappa shape index (κ2) is 8.71. The standard InChI is InChI=1S/C18H30N2O/c1-6-11-19-17-10-8-7-9-16(17)18(21)20(12-14(2)3)13-15(4)5/h7-10,14-15,19H,6,11-13H2,1-5H3. The quantitative estimate of drug-likeness (QED) is 0.775. The zero-order chi connectivity index (χ0) is 15.8. The van der Waals surface area contributed by atoms with E-state index in [9.17, 15) is 4.79 Å². The van der Waals surface area contributed by atoms with Gasteiger partial charge in [0.2, 0.25) is 0 Å². The summed E-state index contributed by atoms with van der Waals surface area (Å²) >= 11 is 0. The minimum absolute atomic E-state index is 0.136. The first-order valence-electron chi connectivity index (χ1n) is 8.07. The Labute approximate surface area is 129 Å². The predicted molar refractivity (Wildman–Crippen MR) is 90.8 cm³/mol. The van der Waals surface area contributed by atoms with Crippen LogP contribution in [0.25, 0.3) is 0 Å². The molecule has 0 aliphatic carbocycles. The van der Waals surface area contributed by atoms with Crippen molar-refractivity contribution in [2.24, 2.45) is 11.8 Å². The summed E-state index contributed by atoms with van der Waals surface area (Å²) in [6, 6.07) is 7.83. The molecule has 1 amide bonds. The van der Waals surface area contributed by atoms with E-state index in [1.54, 1.807) is 0 Å². The molecule has 0 heterocycles. The van der Waals surface area contributed by atoms with Crippen molar-refractivity contribution in [2.45, 2.75) is 41.0 Å². The molecule has 0 spiro atoms. The van der Waals surface area contributed by atoms with E-state index in [1.165, 1.54) is 0 Å². The summed E-state index contributed by atoms with van der Waals surface area (Å²) in [6.07, 6.45) is 1.05. The lowest BCUT2D eigenvalue weighted by Crippen LogP contribution is -2.37. The van der Waals surface area contributed by atoms with Crippen molar-refractivity contribution in [1.29, 1.82) is 0 Å². The Hall–Kier alpha value is -1.51. The highest BCUT2D eigenvalue weighted by molar-refractivity contribution is 5.99. The second-order valence-corrected chi connectivity index (χ2v) is 6.47. The molecule has 3 heteroatoms. The summed E-state index contributed by atoms with van der Waals surface area (Å²) < 4.78 is 0. The van der Waals surface area contributed by atoms with Crippen LogP contribution in [-0.4, -0.2) is 30.4 Å². The number of nitrogens with zero attached hydrogens (tertiary/aromatic N) is 1. The van der Waals surface area contributed by atoms with Crippen LogP contribution in [0.3, 0.4) is 0 Å². The number of para-hydroxylation sites is 1. The lowest BCUT2D eigenvalue weighted by atomic mass is 10.1. The van der Waals surface area contributed by atoms with E-state index < -0.39 is 0 Å². The number of hydrogen-bond acceptors (Lipinski definition) is 2. The minimum Gasteiger partial charge on any atom is -0.384 e. The Balaban J connectivity index is 2.96. The molecular weight excluding hydrogens is 260 g/mol. The van der Waals surface area contributed by atoms with Gasteiger partial charge in [-0.1, -0.05) is 46.8 Å². The molecule has 0 saturated carbocycles. The summed E-state index contributed by atoms with van der Waals surface area (Å²) in [7, 11) is 0. The highest BCUT2D eigenvalue weighted by atomic mass is 16.2. The Kier molecular flexibility index (Phi) is 7.27.